The Hall–Kier alpha value is -1.26. The Morgan fingerprint density at radius 3 is 1.89 bits per heavy atom. The van der Waals surface area contributed by atoms with Crippen LogP contribution in [0.2, 0.25) is 0 Å². The molecule has 1 aromatic rings. The van der Waals surface area contributed by atoms with Crippen LogP contribution in [-0.4, -0.2) is 24.5 Å². The molecule has 0 spiro atoms. The standard InChI is InChI=1S/C4H6N2O3/c1-7-3-4(8-2)6-9-5-3/h1-2H3. The van der Waals surface area contributed by atoms with Crippen LogP contribution in [0.3, 0.4) is 0 Å². The molecule has 50 valence electrons. The zero-order chi connectivity index (χ0) is 6.69. The molecule has 0 unspecified atom stereocenters. The second kappa shape index (κ2) is 2.34. The molecule has 1 aromatic heterocycles. The first-order valence-corrected chi connectivity index (χ1v) is 2.29. The number of aromatic nitrogens is 2. The molecule has 1 heterocycles. The van der Waals surface area contributed by atoms with E-state index in [9.17, 15) is 0 Å². The van der Waals surface area contributed by atoms with Gasteiger partial charge in [-0.25, -0.2) is 4.63 Å². The topological polar surface area (TPSA) is 57.4 Å². The smallest absolute Gasteiger partial charge is 0.320 e. The molecular formula is C4H6N2O3. The highest BCUT2D eigenvalue weighted by atomic mass is 16.6. The summed E-state index contributed by atoms with van der Waals surface area (Å²) in [5, 5.41) is 6.74. The largest absolute Gasteiger partial charge is 0.475 e. The van der Waals surface area contributed by atoms with Crippen molar-refractivity contribution in [3.05, 3.63) is 0 Å². The van der Waals surface area contributed by atoms with E-state index < -0.39 is 0 Å². The Bertz CT molecular complexity index is 167. The van der Waals surface area contributed by atoms with Gasteiger partial charge in [-0.3, -0.25) is 0 Å². The Labute approximate surface area is 51.5 Å². The van der Waals surface area contributed by atoms with Crippen LogP contribution in [-0.2, 0) is 0 Å². The molecule has 0 atom stereocenters. The van der Waals surface area contributed by atoms with E-state index in [0.29, 0.717) is 0 Å². The van der Waals surface area contributed by atoms with Gasteiger partial charge in [0.1, 0.15) is 0 Å². The van der Waals surface area contributed by atoms with Crippen LogP contribution in [0.25, 0.3) is 0 Å². The van der Waals surface area contributed by atoms with Gasteiger partial charge in [0.25, 0.3) is 0 Å². The highest BCUT2D eigenvalue weighted by Gasteiger charge is 2.07. The first-order chi connectivity index (χ1) is 4.38. The lowest BCUT2D eigenvalue weighted by Crippen LogP contribution is -1.87. The molecule has 0 aromatic carbocycles. The second-order valence-corrected chi connectivity index (χ2v) is 1.28. The molecule has 5 heteroatoms. The normalized spacial score (nSPS) is 9.11. The van der Waals surface area contributed by atoms with Gasteiger partial charge in [0.05, 0.1) is 14.2 Å². The van der Waals surface area contributed by atoms with Crippen LogP contribution in [0, 0.1) is 0 Å². The fraction of sp³-hybridized carbons (Fsp3) is 0.500. The van der Waals surface area contributed by atoms with Crippen molar-refractivity contribution in [3.63, 3.8) is 0 Å². The van der Waals surface area contributed by atoms with Gasteiger partial charge in [-0.05, 0) is 10.3 Å². The van der Waals surface area contributed by atoms with Gasteiger partial charge in [-0.15, -0.1) is 0 Å². The summed E-state index contributed by atoms with van der Waals surface area (Å²) in [6.07, 6.45) is 0. The van der Waals surface area contributed by atoms with Crippen LogP contribution in [0.15, 0.2) is 4.63 Å². The number of ether oxygens (including phenoxy) is 2. The van der Waals surface area contributed by atoms with Crippen molar-refractivity contribution in [2.45, 2.75) is 0 Å². The second-order valence-electron chi connectivity index (χ2n) is 1.28. The van der Waals surface area contributed by atoms with Crippen LogP contribution < -0.4 is 9.47 Å². The zero-order valence-electron chi connectivity index (χ0n) is 5.12. The van der Waals surface area contributed by atoms with Crippen molar-refractivity contribution >= 4 is 0 Å². The summed E-state index contributed by atoms with van der Waals surface area (Å²) in [6, 6.07) is 0. The number of nitrogens with zero attached hydrogens (tertiary/aromatic N) is 2. The summed E-state index contributed by atoms with van der Waals surface area (Å²) in [5.41, 5.74) is 0. The summed E-state index contributed by atoms with van der Waals surface area (Å²) < 4.78 is 13.6. The fourth-order valence-electron chi connectivity index (χ4n) is 0.422. The predicted molar refractivity (Wildman–Crippen MR) is 27.4 cm³/mol. The average molecular weight is 130 g/mol. The molecule has 0 amide bonds. The minimum Gasteiger partial charge on any atom is -0.475 e. The quantitative estimate of drug-likeness (QED) is 0.567. The first kappa shape index (κ1) is 5.87. The van der Waals surface area contributed by atoms with Gasteiger partial charge in [0.2, 0.25) is 0 Å². The number of hydrogen-bond donors (Lipinski definition) is 0. The van der Waals surface area contributed by atoms with E-state index >= 15 is 0 Å². The molecule has 1 rings (SSSR count). The minimum absolute atomic E-state index is 0.262. The third kappa shape index (κ3) is 0.933. The summed E-state index contributed by atoms with van der Waals surface area (Å²) in [6.45, 7) is 0. The lowest BCUT2D eigenvalue weighted by atomic mass is 10.8. The monoisotopic (exact) mass is 130 g/mol. The van der Waals surface area contributed by atoms with Gasteiger partial charge in [-0.1, -0.05) is 0 Å². The predicted octanol–water partition coefficient (Wildman–Crippen LogP) is 0.0868. The van der Waals surface area contributed by atoms with E-state index in [1.54, 1.807) is 0 Å². The van der Waals surface area contributed by atoms with E-state index in [1.165, 1.54) is 14.2 Å². The van der Waals surface area contributed by atoms with E-state index in [1.807, 2.05) is 0 Å². The lowest BCUT2D eigenvalue weighted by Gasteiger charge is -1.91. The number of hydrogen-bond acceptors (Lipinski definition) is 5. The fourth-order valence-corrected chi connectivity index (χ4v) is 0.422. The van der Waals surface area contributed by atoms with Crippen molar-refractivity contribution in [3.8, 4) is 11.8 Å². The van der Waals surface area contributed by atoms with Crippen molar-refractivity contribution < 1.29 is 14.1 Å². The molecular weight excluding hydrogens is 124 g/mol. The highest BCUT2D eigenvalue weighted by molar-refractivity contribution is 5.20. The van der Waals surface area contributed by atoms with Crippen molar-refractivity contribution in [2.75, 3.05) is 14.2 Å². The molecule has 0 aliphatic heterocycles. The summed E-state index contributed by atoms with van der Waals surface area (Å²) in [5.74, 6) is 0.523. The van der Waals surface area contributed by atoms with Crippen LogP contribution in [0.1, 0.15) is 0 Å². The molecule has 5 nitrogen and oxygen atoms in total. The molecule has 0 bridgehead atoms. The molecule has 9 heavy (non-hydrogen) atoms. The maximum absolute atomic E-state index is 4.68. The molecule has 0 radical (unpaired) electrons. The Morgan fingerprint density at radius 1 is 1.11 bits per heavy atom. The van der Waals surface area contributed by atoms with Gasteiger partial charge in [-0.2, -0.15) is 0 Å². The zero-order valence-corrected chi connectivity index (χ0v) is 5.12. The average Bonchev–Trinajstić information content (AvgIpc) is 2.33. The van der Waals surface area contributed by atoms with Crippen LogP contribution >= 0.6 is 0 Å². The molecule has 0 fully saturated rings. The van der Waals surface area contributed by atoms with Gasteiger partial charge in [0.15, 0.2) is 0 Å². The summed E-state index contributed by atoms with van der Waals surface area (Å²) in [4.78, 5) is 0. The minimum atomic E-state index is 0.262. The van der Waals surface area contributed by atoms with Gasteiger partial charge < -0.3 is 9.47 Å². The molecule has 0 saturated heterocycles. The van der Waals surface area contributed by atoms with E-state index in [0.717, 1.165) is 0 Å². The van der Waals surface area contributed by atoms with Crippen LogP contribution in [0.4, 0.5) is 0 Å². The maximum Gasteiger partial charge on any atom is 0.320 e. The third-order valence-corrected chi connectivity index (χ3v) is 0.817. The summed E-state index contributed by atoms with van der Waals surface area (Å²) >= 11 is 0. The van der Waals surface area contributed by atoms with Crippen molar-refractivity contribution in [1.82, 2.24) is 10.3 Å². The Morgan fingerprint density at radius 2 is 1.56 bits per heavy atom. The van der Waals surface area contributed by atoms with Crippen LogP contribution in [0.5, 0.6) is 11.8 Å². The SMILES string of the molecule is COc1nonc1OC. The highest BCUT2D eigenvalue weighted by Crippen LogP contribution is 2.18. The van der Waals surface area contributed by atoms with Gasteiger partial charge in [0, 0.05) is 0 Å². The molecule has 0 aliphatic rings. The van der Waals surface area contributed by atoms with Gasteiger partial charge >= 0.3 is 11.8 Å². The van der Waals surface area contributed by atoms with E-state index in [-0.39, 0.29) is 11.8 Å². The van der Waals surface area contributed by atoms with E-state index in [4.69, 9.17) is 0 Å². The summed E-state index contributed by atoms with van der Waals surface area (Å²) in [7, 11) is 2.92. The molecule has 0 aliphatic carbocycles. The maximum atomic E-state index is 4.68. The van der Waals surface area contributed by atoms with Crippen molar-refractivity contribution in [1.29, 1.82) is 0 Å². The third-order valence-electron chi connectivity index (χ3n) is 0.817. The Balaban J connectivity index is 2.85. The van der Waals surface area contributed by atoms with E-state index in [2.05, 4.69) is 24.4 Å². The van der Waals surface area contributed by atoms with Crippen molar-refractivity contribution in [2.24, 2.45) is 0 Å². The number of rotatable bonds is 2. The number of methoxy groups -OCH3 is 2. The Kier molecular flexibility index (Phi) is 1.53. The molecule has 0 saturated carbocycles. The lowest BCUT2D eigenvalue weighted by molar-refractivity contribution is 0.274. The molecule has 0 N–H and O–H groups in total. The first-order valence-electron chi connectivity index (χ1n) is 2.29.